The van der Waals surface area contributed by atoms with Crippen molar-refractivity contribution in [3.05, 3.63) is 72.1 Å². The third-order valence-electron chi connectivity index (χ3n) is 4.15. The number of hydrogen-bond donors (Lipinski definition) is 2. The number of pyridine rings is 1. The molecule has 0 spiro atoms. The molecule has 134 valence electrons. The van der Waals surface area contributed by atoms with E-state index in [2.05, 4.69) is 32.3 Å². The van der Waals surface area contributed by atoms with Gasteiger partial charge in [-0.25, -0.2) is 4.98 Å². The smallest absolute Gasteiger partial charge is 0.244 e. The molecule has 1 amide bonds. The highest BCUT2D eigenvalue weighted by atomic mass is 16.1. The highest BCUT2D eigenvalue weighted by Crippen LogP contribution is 2.16. The van der Waals surface area contributed by atoms with E-state index in [1.165, 1.54) is 5.56 Å². The predicted molar refractivity (Wildman–Crippen MR) is 106 cm³/mol. The summed E-state index contributed by atoms with van der Waals surface area (Å²) in [4.78, 5) is 21.9. The summed E-state index contributed by atoms with van der Waals surface area (Å²) in [6.45, 7) is 0.783. The maximum absolute atomic E-state index is 12.4. The van der Waals surface area contributed by atoms with Crippen molar-refractivity contribution >= 4 is 23.0 Å². The second kappa shape index (κ2) is 8.45. The van der Waals surface area contributed by atoms with Crippen molar-refractivity contribution in [3.63, 3.8) is 0 Å². The second-order valence-corrected chi connectivity index (χ2v) is 6.63. The molecule has 5 nitrogen and oxygen atoms in total. The summed E-state index contributed by atoms with van der Waals surface area (Å²) in [6.07, 6.45) is 7.82. The van der Waals surface area contributed by atoms with Crippen molar-refractivity contribution in [2.45, 2.75) is 12.5 Å². The fourth-order valence-corrected chi connectivity index (χ4v) is 3.03. The number of hydrogen-bond acceptors (Lipinski definition) is 3. The maximum Gasteiger partial charge on any atom is 0.244 e. The van der Waals surface area contributed by atoms with E-state index >= 15 is 0 Å². The number of likely N-dealkylation sites (N-methyl/N-ethyl adjacent to an activating group) is 1. The fraction of sp³-hybridized carbons (Fsp3) is 0.238. The van der Waals surface area contributed by atoms with Crippen molar-refractivity contribution in [2.75, 3.05) is 20.6 Å². The number of amides is 1. The van der Waals surface area contributed by atoms with Gasteiger partial charge in [0.25, 0.3) is 0 Å². The first-order chi connectivity index (χ1) is 12.6. The molecule has 3 aromatic rings. The molecule has 0 aliphatic heterocycles. The summed E-state index contributed by atoms with van der Waals surface area (Å²) >= 11 is 0. The minimum absolute atomic E-state index is 0.0502. The maximum atomic E-state index is 12.4. The van der Waals surface area contributed by atoms with E-state index in [9.17, 15) is 4.79 Å². The van der Waals surface area contributed by atoms with Crippen molar-refractivity contribution in [1.29, 1.82) is 0 Å². The largest absolute Gasteiger partial charge is 0.348 e. The number of H-pyrrole nitrogens is 1. The van der Waals surface area contributed by atoms with Gasteiger partial charge in [-0.15, -0.1) is 0 Å². The van der Waals surface area contributed by atoms with Gasteiger partial charge in [-0.2, -0.15) is 0 Å². The monoisotopic (exact) mass is 348 g/mol. The molecule has 1 atom stereocenters. The lowest BCUT2D eigenvalue weighted by atomic mass is 10.1. The first-order valence-electron chi connectivity index (χ1n) is 8.71. The lowest BCUT2D eigenvalue weighted by molar-refractivity contribution is -0.117. The number of carbonyl (C=O) groups excluding carboxylic acids is 1. The Morgan fingerprint density at radius 1 is 1.23 bits per heavy atom. The van der Waals surface area contributed by atoms with E-state index in [1.54, 1.807) is 12.3 Å². The highest BCUT2D eigenvalue weighted by Gasteiger charge is 2.13. The number of fused-ring (bicyclic) bond motifs is 1. The van der Waals surface area contributed by atoms with Crippen molar-refractivity contribution < 1.29 is 4.79 Å². The van der Waals surface area contributed by atoms with E-state index < -0.39 is 0 Å². The Kier molecular flexibility index (Phi) is 5.81. The Morgan fingerprint density at radius 3 is 2.81 bits per heavy atom. The minimum atomic E-state index is -0.0916. The van der Waals surface area contributed by atoms with E-state index in [1.807, 2.05) is 56.7 Å². The quantitative estimate of drug-likeness (QED) is 0.646. The average molecular weight is 348 g/mol. The molecule has 5 heteroatoms. The summed E-state index contributed by atoms with van der Waals surface area (Å²) in [6, 6.07) is 14.1. The molecule has 0 saturated heterocycles. The van der Waals surface area contributed by atoms with Crippen molar-refractivity contribution in [1.82, 2.24) is 20.2 Å². The molecule has 0 saturated carbocycles. The molecule has 2 N–H and O–H groups in total. The van der Waals surface area contributed by atoms with Crippen LogP contribution in [0.5, 0.6) is 0 Å². The molecule has 3 rings (SSSR count). The molecule has 0 radical (unpaired) electrons. The Bertz CT molecular complexity index is 883. The van der Waals surface area contributed by atoms with Crippen LogP contribution in [0.25, 0.3) is 17.1 Å². The van der Waals surface area contributed by atoms with Crippen LogP contribution in [0.4, 0.5) is 0 Å². The zero-order valence-electron chi connectivity index (χ0n) is 15.1. The van der Waals surface area contributed by atoms with Gasteiger partial charge in [-0.1, -0.05) is 30.3 Å². The third kappa shape index (κ3) is 4.80. The molecule has 2 heterocycles. The molecule has 0 fully saturated rings. The van der Waals surface area contributed by atoms with Gasteiger partial charge in [0.2, 0.25) is 5.91 Å². The van der Waals surface area contributed by atoms with Gasteiger partial charge in [0.15, 0.2) is 0 Å². The highest BCUT2D eigenvalue weighted by molar-refractivity contribution is 5.95. The van der Waals surface area contributed by atoms with Crippen LogP contribution in [0.3, 0.4) is 0 Å². The van der Waals surface area contributed by atoms with Gasteiger partial charge in [0, 0.05) is 42.0 Å². The van der Waals surface area contributed by atoms with E-state index in [0.29, 0.717) is 0 Å². The fourth-order valence-electron chi connectivity index (χ4n) is 3.03. The van der Waals surface area contributed by atoms with Crippen LogP contribution in [0.15, 0.2) is 60.9 Å². The first-order valence-corrected chi connectivity index (χ1v) is 8.71. The van der Waals surface area contributed by atoms with Gasteiger partial charge < -0.3 is 15.2 Å². The lowest BCUT2D eigenvalue weighted by Gasteiger charge is -2.22. The van der Waals surface area contributed by atoms with E-state index in [4.69, 9.17) is 0 Å². The summed E-state index contributed by atoms with van der Waals surface area (Å²) in [5, 5.41) is 4.12. The molecule has 26 heavy (non-hydrogen) atoms. The Labute approximate surface area is 153 Å². The predicted octanol–water partition coefficient (Wildman–Crippen LogP) is 2.87. The Balaban J connectivity index is 1.67. The van der Waals surface area contributed by atoms with Crippen LogP contribution >= 0.6 is 0 Å². The zero-order valence-corrected chi connectivity index (χ0v) is 15.1. The molecule has 1 unspecified atom stereocenters. The van der Waals surface area contributed by atoms with Gasteiger partial charge in [0.1, 0.15) is 5.65 Å². The SMILES string of the molecule is CN(C)CC(Cc1ccccc1)NC(=O)/C=C/c1c[nH]c2ncccc12. The van der Waals surface area contributed by atoms with Crippen LogP contribution in [0.1, 0.15) is 11.1 Å². The second-order valence-electron chi connectivity index (χ2n) is 6.63. The summed E-state index contributed by atoms with van der Waals surface area (Å²) < 4.78 is 0. The van der Waals surface area contributed by atoms with Gasteiger partial charge in [-0.3, -0.25) is 4.79 Å². The van der Waals surface area contributed by atoms with E-state index in [-0.39, 0.29) is 11.9 Å². The molecular formula is C21H24N4O. The Morgan fingerprint density at radius 2 is 2.04 bits per heavy atom. The molecule has 2 aromatic heterocycles. The number of aromatic amines is 1. The topological polar surface area (TPSA) is 61.0 Å². The Hall–Kier alpha value is -2.92. The van der Waals surface area contributed by atoms with E-state index in [0.717, 1.165) is 29.6 Å². The molecular weight excluding hydrogens is 324 g/mol. The van der Waals surface area contributed by atoms with Crippen LogP contribution in [0, 0.1) is 0 Å². The summed E-state index contributed by atoms with van der Waals surface area (Å²) in [5.74, 6) is -0.0916. The van der Waals surface area contributed by atoms with Gasteiger partial charge >= 0.3 is 0 Å². The number of benzene rings is 1. The molecule has 0 aliphatic carbocycles. The van der Waals surface area contributed by atoms with Crippen molar-refractivity contribution in [3.8, 4) is 0 Å². The zero-order chi connectivity index (χ0) is 18.4. The minimum Gasteiger partial charge on any atom is -0.348 e. The third-order valence-corrected chi connectivity index (χ3v) is 4.15. The summed E-state index contributed by atoms with van der Waals surface area (Å²) in [7, 11) is 4.03. The number of nitrogens with one attached hydrogen (secondary N) is 2. The number of nitrogens with zero attached hydrogens (tertiary/aromatic N) is 2. The normalized spacial score (nSPS) is 12.7. The number of aromatic nitrogens is 2. The van der Waals surface area contributed by atoms with Crippen molar-refractivity contribution in [2.24, 2.45) is 0 Å². The van der Waals surface area contributed by atoms with Crippen LogP contribution in [0.2, 0.25) is 0 Å². The first kappa shape index (κ1) is 17.9. The van der Waals surface area contributed by atoms with Gasteiger partial charge in [-0.05, 0) is 44.3 Å². The number of carbonyl (C=O) groups is 1. The standard InChI is InChI=1S/C21H24N4O/c1-25(2)15-18(13-16-7-4-3-5-8-16)24-20(26)11-10-17-14-23-21-19(17)9-6-12-22-21/h3-12,14,18H,13,15H2,1-2H3,(H,22,23)(H,24,26)/b11-10+. The average Bonchev–Trinajstić information content (AvgIpc) is 3.03. The lowest BCUT2D eigenvalue weighted by Crippen LogP contribution is -2.42. The van der Waals surface area contributed by atoms with Crippen LogP contribution in [-0.4, -0.2) is 47.5 Å². The molecule has 1 aromatic carbocycles. The van der Waals surface area contributed by atoms with Crippen LogP contribution < -0.4 is 5.32 Å². The van der Waals surface area contributed by atoms with Crippen LogP contribution in [-0.2, 0) is 11.2 Å². The van der Waals surface area contributed by atoms with Gasteiger partial charge in [0.05, 0.1) is 0 Å². The number of rotatable bonds is 7. The molecule has 0 bridgehead atoms. The molecule has 0 aliphatic rings. The summed E-state index contributed by atoms with van der Waals surface area (Å²) in [5.41, 5.74) is 2.99.